The van der Waals surface area contributed by atoms with Gasteiger partial charge in [-0.15, -0.1) is 0 Å². The highest BCUT2D eigenvalue weighted by Crippen LogP contribution is 2.38. The van der Waals surface area contributed by atoms with Crippen LogP contribution in [0.1, 0.15) is 44.1 Å². The van der Waals surface area contributed by atoms with Crippen LogP contribution < -0.4 is 9.47 Å². The van der Waals surface area contributed by atoms with Gasteiger partial charge < -0.3 is 14.4 Å². The molecule has 37 heavy (non-hydrogen) atoms. The Labute approximate surface area is 217 Å². The number of hydrogen-bond acceptors (Lipinski definition) is 7. The van der Waals surface area contributed by atoms with Crippen molar-refractivity contribution in [1.29, 1.82) is 0 Å². The van der Waals surface area contributed by atoms with Crippen LogP contribution in [-0.4, -0.2) is 78.1 Å². The van der Waals surface area contributed by atoms with E-state index in [9.17, 15) is 14.4 Å². The summed E-state index contributed by atoms with van der Waals surface area (Å²) >= 11 is 0. The average molecular weight is 507 g/mol. The molecule has 3 heterocycles. The van der Waals surface area contributed by atoms with Crippen LogP contribution in [0.3, 0.4) is 0 Å². The predicted molar refractivity (Wildman–Crippen MR) is 138 cm³/mol. The Hall–Kier alpha value is -3.62. The molecule has 4 aliphatic rings. The van der Waals surface area contributed by atoms with Crippen molar-refractivity contribution in [3.05, 3.63) is 48.2 Å². The summed E-state index contributed by atoms with van der Waals surface area (Å²) in [4.78, 5) is 41.0. The smallest absolute Gasteiger partial charge is 0.247 e. The average Bonchev–Trinajstić information content (AvgIpc) is 3.25. The zero-order valence-electron chi connectivity index (χ0n) is 21.5. The molecular formula is C28H34N4O5. The minimum Gasteiger partial charge on any atom is -0.493 e. The van der Waals surface area contributed by atoms with Gasteiger partial charge in [-0.2, -0.15) is 5.10 Å². The number of rotatable bonds is 7. The lowest BCUT2D eigenvalue weighted by Crippen LogP contribution is -2.52. The third kappa shape index (κ3) is 4.74. The van der Waals surface area contributed by atoms with Crippen LogP contribution in [0.4, 0.5) is 0 Å². The summed E-state index contributed by atoms with van der Waals surface area (Å²) in [6, 6.07) is 5.78. The highest BCUT2D eigenvalue weighted by atomic mass is 16.5. The van der Waals surface area contributed by atoms with Crippen molar-refractivity contribution in [3.8, 4) is 11.5 Å². The summed E-state index contributed by atoms with van der Waals surface area (Å²) in [6.45, 7) is 5.77. The molecule has 0 saturated carbocycles. The van der Waals surface area contributed by atoms with Crippen molar-refractivity contribution in [2.24, 2.45) is 16.9 Å². The van der Waals surface area contributed by atoms with Crippen LogP contribution in [0.25, 0.3) is 0 Å². The Morgan fingerprint density at radius 2 is 1.62 bits per heavy atom. The molecule has 2 fully saturated rings. The van der Waals surface area contributed by atoms with Gasteiger partial charge in [0.25, 0.3) is 0 Å². The summed E-state index contributed by atoms with van der Waals surface area (Å²) in [6.07, 6.45) is 7.77. The molecule has 0 aromatic heterocycles. The van der Waals surface area contributed by atoms with Crippen molar-refractivity contribution in [1.82, 2.24) is 14.8 Å². The van der Waals surface area contributed by atoms with Gasteiger partial charge in [-0.05, 0) is 43.9 Å². The van der Waals surface area contributed by atoms with Gasteiger partial charge in [0.2, 0.25) is 17.7 Å². The molecule has 0 unspecified atom stereocenters. The van der Waals surface area contributed by atoms with Crippen molar-refractivity contribution in [2.75, 3.05) is 33.9 Å². The van der Waals surface area contributed by atoms with Crippen LogP contribution in [-0.2, 0) is 14.4 Å². The maximum absolute atomic E-state index is 13.6. The van der Waals surface area contributed by atoms with E-state index < -0.39 is 0 Å². The Kier molecular flexibility index (Phi) is 7.04. The fourth-order valence-corrected chi connectivity index (χ4v) is 5.84. The lowest BCUT2D eigenvalue weighted by atomic mass is 9.76. The van der Waals surface area contributed by atoms with Gasteiger partial charge in [0.15, 0.2) is 11.5 Å². The maximum Gasteiger partial charge on any atom is 0.247 e. The summed E-state index contributed by atoms with van der Waals surface area (Å²) in [5, 5.41) is 6.70. The number of hydrazone groups is 1. The minimum atomic E-state index is -0.134. The van der Waals surface area contributed by atoms with Crippen LogP contribution in [0, 0.1) is 11.8 Å². The predicted octanol–water partition coefficient (Wildman–Crippen LogP) is 2.96. The number of nitrogens with zero attached hydrogens (tertiary/aromatic N) is 4. The topological polar surface area (TPSA) is 91.8 Å². The second-order valence-corrected chi connectivity index (χ2v) is 10.1. The highest BCUT2D eigenvalue weighted by molar-refractivity contribution is 6.07. The third-order valence-electron chi connectivity index (χ3n) is 7.97. The summed E-state index contributed by atoms with van der Waals surface area (Å²) < 4.78 is 10.9. The number of piperidine rings is 1. The van der Waals surface area contributed by atoms with Gasteiger partial charge in [0.05, 0.1) is 38.4 Å². The molecule has 3 amide bonds. The quantitative estimate of drug-likeness (QED) is 0.417. The first-order valence-electron chi connectivity index (χ1n) is 13.0. The number of amides is 3. The minimum absolute atomic E-state index is 0.0198. The van der Waals surface area contributed by atoms with Crippen molar-refractivity contribution >= 4 is 23.4 Å². The largest absolute Gasteiger partial charge is 0.493 e. The lowest BCUT2D eigenvalue weighted by Gasteiger charge is -2.43. The van der Waals surface area contributed by atoms with Gasteiger partial charge in [0.1, 0.15) is 0 Å². The van der Waals surface area contributed by atoms with E-state index in [4.69, 9.17) is 14.6 Å². The number of likely N-dealkylation sites (tertiary alicyclic amines) is 2. The summed E-state index contributed by atoms with van der Waals surface area (Å²) in [5.41, 5.74) is 2.61. The first-order chi connectivity index (χ1) is 17.9. The standard InChI is InChI=1S/C28H34N4O5/c1-18(17-31-25(33)10-11-26(31)34)30-14-12-20(13-15-30)32-28(35)22-7-5-4-6-21(22)27(29-32)19-8-9-23(36-2)24(16-19)37-3/h4-5,8-9,16,20-22H,1,6-7,10-15,17H2,2-3H3/t21-,22+/m0/s1. The number of carbonyl (C=O) groups is 3. The second-order valence-electron chi connectivity index (χ2n) is 10.1. The van der Waals surface area contributed by atoms with Gasteiger partial charge >= 0.3 is 0 Å². The third-order valence-corrected chi connectivity index (χ3v) is 7.97. The zero-order valence-corrected chi connectivity index (χ0v) is 21.5. The molecule has 3 aliphatic heterocycles. The van der Waals surface area contributed by atoms with E-state index in [0.717, 1.165) is 36.2 Å². The Morgan fingerprint density at radius 1 is 0.973 bits per heavy atom. The molecule has 1 aromatic carbocycles. The van der Waals surface area contributed by atoms with E-state index in [0.29, 0.717) is 31.0 Å². The number of methoxy groups -OCH3 is 2. The van der Waals surface area contributed by atoms with Crippen molar-refractivity contribution in [2.45, 2.75) is 44.6 Å². The molecule has 9 heteroatoms. The molecular weight excluding hydrogens is 472 g/mol. The van der Waals surface area contributed by atoms with Gasteiger partial charge in [-0.25, -0.2) is 5.01 Å². The molecule has 1 aliphatic carbocycles. The normalized spacial score (nSPS) is 24.3. The summed E-state index contributed by atoms with van der Waals surface area (Å²) in [5.74, 6) is 1.01. The number of allylic oxidation sites excluding steroid dienone is 2. The van der Waals surface area contributed by atoms with E-state index in [1.54, 1.807) is 19.2 Å². The van der Waals surface area contributed by atoms with Crippen LogP contribution in [0.2, 0.25) is 0 Å². The van der Waals surface area contributed by atoms with Gasteiger partial charge in [0, 0.05) is 43.1 Å². The van der Waals surface area contributed by atoms with E-state index in [-0.39, 0.29) is 55.0 Å². The Balaban J connectivity index is 1.34. The first-order valence-corrected chi connectivity index (χ1v) is 13.0. The van der Waals surface area contributed by atoms with Crippen LogP contribution >= 0.6 is 0 Å². The monoisotopic (exact) mass is 506 g/mol. The van der Waals surface area contributed by atoms with Gasteiger partial charge in [-0.3, -0.25) is 19.3 Å². The van der Waals surface area contributed by atoms with Crippen molar-refractivity contribution in [3.63, 3.8) is 0 Å². The van der Waals surface area contributed by atoms with Crippen LogP contribution in [0.15, 0.2) is 47.7 Å². The van der Waals surface area contributed by atoms with E-state index in [2.05, 4.69) is 23.6 Å². The molecule has 1 aromatic rings. The molecule has 0 bridgehead atoms. The Bertz CT molecular complexity index is 1150. The van der Waals surface area contributed by atoms with E-state index in [1.807, 2.05) is 18.2 Å². The maximum atomic E-state index is 13.6. The second kappa shape index (κ2) is 10.4. The number of hydrogen-bond donors (Lipinski definition) is 0. The molecule has 0 N–H and O–H groups in total. The number of fused-ring (bicyclic) bond motifs is 1. The molecule has 196 valence electrons. The molecule has 2 atom stereocenters. The molecule has 0 spiro atoms. The van der Waals surface area contributed by atoms with E-state index in [1.165, 1.54) is 4.90 Å². The molecule has 0 radical (unpaired) electrons. The van der Waals surface area contributed by atoms with Crippen LogP contribution in [0.5, 0.6) is 11.5 Å². The molecule has 5 rings (SSSR count). The van der Waals surface area contributed by atoms with Gasteiger partial charge in [-0.1, -0.05) is 18.7 Å². The Morgan fingerprint density at radius 3 is 2.27 bits per heavy atom. The highest BCUT2D eigenvalue weighted by Gasteiger charge is 2.43. The summed E-state index contributed by atoms with van der Waals surface area (Å²) in [7, 11) is 3.23. The zero-order chi connectivity index (χ0) is 26.1. The van der Waals surface area contributed by atoms with Crippen molar-refractivity contribution < 1.29 is 23.9 Å². The number of carbonyl (C=O) groups excluding carboxylic acids is 3. The SMILES string of the molecule is C=C(CN1C(=O)CCC1=O)N1CCC(N2N=C(c3ccc(OC)c(OC)c3)[C@H]3CC=CC[C@H]3C2=O)CC1. The first kappa shape index (κ1) is 25.0. The molecule has 2 saturated heterocycles. The lowest BCUT2D eigenvalue weighted by molar-refractivity contribution is -0.142. The fraction of sp³-hybridized carbons (Fsp3) is 0.500. The number of imide groups is 1. The number of ether oxygens (including phenoxy) is 2. The number of benzene rings is 1. The molecule has 9 nitrogen and oxygen atoms in total. The fourth-order valence-electron chi connectivity index (χ4n) is 5.84. The van der Waals surface area contributed by atoms with E-state index >= 15 is 0 Å².